The highest BCUT2D eigenvalue weighted by Gasteiger charge is 2.25. The first-order chi connectivity index (χ1) is 19.4. The van der Waals surface area contributed by atoms with Gasteiger partial charge in [0.2, 0.25) is 11.9 Å². The van der Waals surface area contributed by atoms with Crippen molar-refractivity contribution in [2.24, 2.45) is 0 Å². The number of carbonyl (C=O) groups is 1. The van der Waals surface area contributed by atoms with Crippen molar-refractivity contribution < 1.29 is 14.3 Å². The highest BCUT2D eigenvalue weighted by molar-refractivity contribution is 6.02. The van der Waals surface area contributed by atoms with Crippen LogP contribution in [0.3, 0.4) is 0 Å². The van der Waals surface area contributed by atoms with Crippen LogP contribution in [0.25, 0.3) is 22.3 Å². The fourth-order valence-corrected chi connectivity index (χ4v) is 4.50. The smallest absolute Gasteiger partial charge is 0.247 e. The Balaban J connectivity index is 1.49. The number of hydrogen-bond acceptors (Lipinski definition) is 9. The number of nitrogens with zero attached hydrogens (tertiary/aromatic N) is 6. The number of amides is 1. The summed E-state index contributed by atoms with van der Waals surface area (Å²) in [5.74, 6) is 0.643. The third-order valence-electron chi connectivity index (χ3n) is 6.78. The van der Waals surface area contributed by atoms with Crippen LogP contribution >= 0.6 is 0 Å². The van der Waals surface area contributed by atoms with Crippen LogP contribution in [0.15, 0.2) is 61.3 Å². The first kappa shape index (κ1) is 27.1. The van der Waals surface area contributed by atoms with Crippen molar-refractivity contribution in [2.75, 3.05) is 70.1 Å². The predicted octanol–water partition coefficient (Wildman–Crippen LogP) is 3.94. The molecule has 4 aromatic rings. The van der Waals surface area contributed by atoms with Gasteiger partial charge in [-0.25, -0.2) is 9.97 Å². The van der Waals surface area contributed by atoms with Gasteiger partial charge in [0.1, 0.15) is 11.4 Å². The number of aromatic nitrogens is 4. The quantitative estimate of drug-likeness (QED) is 0.272. The maximum atomic E-state index is 12.3. The maximum absolute atomic E-state index is 12.3. The zero-order valence-corrected chi connectivity index (χ0v) is 23.2. The van der Waals surface area contributed by atoms with E-state index in [4.69, 9.17) is 19.6 Å². The standard InChI is InChI=1S/C29H34N8O3/c1-6-27(38)31-22-15-23(26(39-5)16-25(22)36(4)14-13-35(2)3)33-29-30-12-11-21(32-29)28-20-9-7-8-10-24(20)37(34-28)19-17-40-18-19/h6-12,15-16,19H,1,13-14,17-18H2,2-5H3,(H,31,38)(H,30,32,33). The monoisotopic (exact) mass is 542 g/mol. The lowest BCUT2D eigenvalue weighted by Gasteiger charge is -2.26. The Bertz CT molecular complexity index is 1530. The molecule has 0 spiro atoms. The Morgan fingerprint density at radius 2 is 1.98 bits per heavy atom. The Labute approximate surface area is 233 Å². The fraction of sp³-hybridized carbons (Fsp3) is 0.310. The van der Waals surface area contributed by atoms with Gasteiger partial charge in [-0.15, -0.1) is 0 Å². The lowest BCUT2D eigenvalue weighted by molar-refractivity contribution is -0.111. The molecular weight excluding hydrogens is 508 g/mol. The summed E-state index contributed by atoms with van der Waals surface area (Å²) >= 11 is 0. The van der Waals surface area contributed by atoms with Crippen molar-refractivity contribution >= 4 is 39.8 Å². The molecule has 0 aliphatic carbocycles. The van der Waals surface area contributed by atoms with E-state index in [1.807, 2.05) is 62.2 Å². The van der Waals surface area contributed by atoms with Crippen molar-refractivity contribution in [3.8, 4) is 17.1 Å². The second-order valence-corrected chi connectivity index (χ2v) is 9.88. The number of likely N-dealkylation sites (N-methyl/N-ethyl adjacent to an activating group) is 2. The summed E-state index contributed by atoms with van der Waals surface area (Å²) in [6.07, 6.45) is 2.94. The number of hydrogen-bond donors (Lipinski definition) is 2. The van der Waals surface area contributed by atoms with Gasteiger partial charge >= 0.3 is 0 Å². The summed E-state index contributed by atoms with van der Waals surface area (Å²) in [6.45, 7) is 6.47. The molecule has 1 fully saturated rings. The van der Waals surface area contributed by atoms with Crippen LogP contribution < -0.4 is 20.3 Å². The molecule has 1 saturated heterocycles. The topological polar surface area (TPSA) is 110 Å². The van der Waals surface area contributed by atoms with Gasteiger partial charge < -0.3 is 29.9 Å². The number of nitrogens with one attached hydrogen (secondary N) is 2. The maximum Gasteiger partial charge on any atom is 0.247 e. The number of carbonyl (C=O) groups excluding carboxylic acids is 1. The Kier molecular flexibility index (Phi) is 7.94. The average Bonchev–Trinajstić information content (AvgIpc) is 3.30. The number of anilines is 4. The molecule has 3 heterocycles. The third-order valence-corrected chi connectivity index (χ3v) is 6.78. The molecule has 40 heavy (non-hydrogen) atoms. The predicted molar refractivity (Wildman–Crippen MR) is 158 cm³/mol. The number of fused-ring (bicyclic) bond motifs is 1. The minimum atomic E-state index is -0.309. The van der Waals surface area contributed by atoms with Gasteiger partial charge in [0.05, 0.1) is 54.6 Å². The van der Waals surface area contributed by atoms with E-state index in [-0.39, 0.29) is 11.9 Å². The minimum Gasteiger partial charge on any atom is -0.494 e. The zero-order chi connectivity index (χ0) is 28.2. The number of rotatable bonds is 11. The van der Waals surface area contributed by atoms with Crippen LogP contribution in [0.5, 0.6) is 5.75 Å². The van der Waals surface area contributed by atoms with Gasteiger partial charge in [-0.3, -0.25) is 9.48 Å². The summed E-state index contributed by atoms with van der Waals surface area (Å²) < 4.78 is 13.1. The molecule has 11 heteroatoms. The van der Waals surface area contributed by atoms with Crippen LogP contribution in [-0.4, -0.2) is 85.1 Å². The average molecular weight is 543 g/mol. The van der Waals surface area contributed by atoms with E-state index < -0.39 is 0 Å². The van der Waals surface area contributed by atoms with Gasteiger partial charge in [0.25, 0.3) is 0 Å². The molecule has 2 N–H and O–H groups in total. The fourth-order valence-electron chi connectivity index (χ4n) is 4.50. The van der Waals surface area contributed by atoms with Crippen LogP contribution in [-0.2, 0) is 9.53 Å². The molecule has 0 radical (unpaired) electrons. The Morgan fingerprint density at radius 3 is 2.67 bits per heavy atom. The van der Waals surface area contributed by atoms with E-state index in [1.165, 1.54) is 6.08 Å². The number of ether oxygens (including phenoxy) is 2. The van der Waals surface area contributed by atoms with Crippen LogP contribution in [0, 0.1) is 0 Å². The summed E-state index contributed by atoms with van der Waals surface area (Å²) in [7, 11) is 7.61. The third kappa shape index (κ3) is 5.61. The highest BCUT2D eigenvalue weighted by atomic mass is 16.5. The van der Waals surface area contributed by atoms with E-state index >= 15 is 0 Å². The van der Waals surface area contributed by atoms with E-state index in [2.05, 4.69) is 38.1 Å². The zero-order valence-electron chi connectivity index (χ0n) is 23.2. The Morgan fingerprint density at radius 1 is 1.18 bits per heavy atom. The first-order valence-electron chi connectivity index (χ1n) is 13.0. The molecule has 5 rings (SSSR count). The molecule has 0 atom stereocenters. The van der Waals surface area contributed by atoms with Gasteiger partial charge in [0.15, 0.2) is 0 Å². The van der Waals surface area contributed by atoms with Gasteiger partial charge in [-0.2, -0.15) is 5.10 Å². The minimum absolute atomic E-state index is 0.209. The molecule has 0 bridgehead atoms. The number of benzene rings is 2. The molecule has 1 amide bonds. The Hall–Kier alpha value is -4.48. The second kappa shape index (κ2) is 11.7. The lowest BCUT2D eigenvalue weighted by atomic mass is 10.1. The summed E-state index contributed by atoms with van der Waals surface area (Å²) in [5, 5.41) is 12.1. The molecule has 2 aromatic heterocycles. The molecule has 0 unspecified atom stereocenters. The summed E-state index contributed by atoms with van der Waals surface area (Å²) in [4.78, 5) is 25.7. The number of para-hydroxylation sites is 1. The van der Waals surface area contributed by atoms with Crippen molar-refractivity contribution in [3.63, 3.8) is 0 Å². The second-order valence-electron chi connectivity index (χ2n) is 9.88. The molecule has 1 aliphatic heterocycles. The largest absolute Gasteiger partial charge is 0.494 e. The summed E-state index contributed by atoms with van der Waals surface area (Å²) in [6, 6.07) is 13.9. The van der Waals surface area contributed by atoms with Gasteiger partial charge in [0, 0.05) is 37.8 Å². The number of methoxy groups -OCH3 is 1. The van der Waals surface area contributed by atoms with Crippen molar-refractivity contribution in [1.29, 1.82) is 0 Å². The van der Waals surface area contributed by atoms with E-state index in [0.717, 1.165) is 35.4 Å². The molecule has 0 saturated carbocycles. The summed E-state index contributed by atoms with van der Waals surface area (Å²) in [5.41, 5.74) is 4.52. The van der Waals surface area contributed by atoms with Crippen LogP contribution in [0.2, 0.25) is 0 Å². The van der Waals surface area contributed by atoms with Gasteiger partial charge in [-0.05, 0) is 38.4 Å². The SMILES string of the molecule is C=CC(=O)Nc1cc(Nc2nccc(-c3nn(C4COC4)c4ccccc34)n2)c(OC)cc1N(C)CCN(C)C. The molecule has 11 nitrogen and oxygen atoms in total. The van der Waals surface area contributed by atoms with Gasteiger partial charge in [-0.1, -0.05) is 24.8 Å². The lowest BCUT2D eigenvalue weighted by Crippen LogP contribution is -2.31. The molecule has 2 aromatic carbocycles. The molecule has 208 valence electrons. The van der Waals surface area contributed by atoms with Crippen molar-refractivity contribution in [3.05, 3.63) is 61.3 Å². The normalized spacial score (nSPS) is 13.2. The van der Waals surface area contributed by atoms with Crippen LogP contribution in [0.4, 0.5) is 23.0 Å². The molecular formula is C29H34N8O3. The van der Waals surface area contributed by atoms with E-state index in [1.54, 1.807) is 13.3 Å². The van der Waals surface area contributed by atoms with E-state index in [0.29, 0.717) is 42.0 Å². The van der Waals surface area contributed by atoms with Crippen molar-refractivity contribution in [1.82, 2.24) is 24.6 Å². The van der Waals surface area contributed by atoms with Crippen LogP contribution in [0.1, 0.15) is 6.04 Å². The first-order valence-corrected chi connectivity index (χ1v) is 13.0. The highest BCUT2D eigenvalue weighted by Crippen LogP contribution is 2.38. The molecule has 1 aliphatic rings. The van der Waals surface area contributed by atoms with Crippen molar-refractivity contribution in [2.45, 2.75) is 6.04 Å². The van der Waals surface area contributed by atoms with E-state index in [9.17, 15) is 4.79 Å².